The number of hydrogen-bond donors (Lipinski definition) is 2. The Bertz CT molecular complexity index is 1310. The molecule has 0 bridgehead atoms. The van der Waals surface area contributed by atoms with Crippen molar-refractivity contribution >= 4 is 46.6 Å². The number of halogens is 2. The number of ketones is 1. The molecule has 1 aliphatic heterocycles. The highest BCUT2D eigenvalue weighted by atomic mass is 35.5. The Morgan fingerprint density at radius 2 is 1.63 bits per heavy atom. The number of aromatic hydroxyl groups is 1. The van der Waals surface area contributed by atoms with Gasteiger partial charge in [-0.05, 0) is 41.3 Å². The van der Waals surface area contributed by atoms with Crippen LogP contribution < -0.4 is 15.0 Å². The maximum absolute atomic E-state index is 13.1. The van der Waals surface area contributed by atoms with E-state index in [1.165, 1.54) is 30.3 Å². The van der Waals surface area contributed by atoms with Crippen LogP contribution in [0.15, 0.2) is 54.6 Å². The molecule has 0 aliphatic carbocycles. The van der Waals surface area contributed by atoms with Crippen LogP contribution in [-0.4, -0.2) is 29.4 Å². The first-order chi connectivity index (χ1) is 16.5. The monoisotopic (exact) mass is 512 g/mol. The number of nitrogens with one attached hydrogen (secondary N) is 1. The van der Waals surface area contributed by atoms with Gasteiger partial charge in [0.05, 0.1) is 27.8 Å². The summed E-state index contributed by atoms with van der Waals surface area (Å²) < 4.78 is 5.83. The zero-order valence-corrected chi connectivity index (χ0v) is 20.7. The summed E-state index contributed by atoms with van der Waals surface area (Å²) in [6.45, 7) is 6.13. The number of urea groups is 1. The standard InChI is InChI=1S/C26H22Cl2N2O5/c1-26(2,3)15-6-4-14(5-7-15)23(33)18-12-17(8-9-21(18)31)35-24-19(27)10-16(11-20(24)28)30-22(32)13-29-25(30)34/h4-12,31H,13H2,1-3H3,(H,29,34). The van der Waals surface area contributed by atoms with E-state index in [0.717, 1.165) is 10.5 Å². The largest absolute Gasteiger partial charge is 0.507 e. The van der Waals surface area contributed by atoms with Gasteiger partial charge in [-0.1, -0.05) is 68.2 Å². The predicted octanol–water partition coefficient (Wildman–Crippen LogP) is 6.08. The molecule has 0 unspecified atom stereocenters. The molecular weight excluding hydrogens is 491 g/mol. The van der Waals surface area contributed by atoms with Gasteiger partial charge in [0.2, 0.25) is 0 Å². The molecule has 1 aliphatic rings. The maximum Gasteiger partial charge on any atom is 0.329 e. The lowest BCUT2D eigenvalue weighted by Gasteiger charge is -2.19. The van der Waals surface area contributed by atoms with Crippen molar-refractivity contribution in [1.29, 1.82) is 0 Å². The topological polar surface area (TPSA) is 95.9 Å². The average Bonchev–Trinajstić information content (AvgIpc) is 3.14. The minimum absolute atomic E-state index is 0.0502. The first-order valence-corrected chi connectivity index (χ1v) is 11.5. The Morgan fingerprint density at radius 3 is 2.17 bits per heavy atom. The Balaban J connectivity index is 1.61. The van der Waals surface area contributed by atoms with Crippen LogP contribution in [0.4, 0.5) is 10.5 Å². The Morgan fingerprint density at radius 1 is 1.00 bits per heavy atom. The van der Waals surface area contributed by atoms with E-state index in [4.69, 9.17) is 27.9 Å². The van der Waals surface area contributed by atoms with Crippen molar-refractivity contribution in [3.63, 3.8) is 0 Å². The van der Waals surface area contributed by atoms with Crippen LogP contribution in [0.25, 0.3) is 0 Å². The Kier molecular flexibility index (Phi) is 6.49. The third-order valence-electron chi connectivity index (χ3n) is 5.53. The summed E-state index contributed by atoms with van der Waals surface area (Å²) in [5.74, 6) is -0.729. The number of anilines is 1. The van der Waals surface area contributed by atoms with E-state index >= 15 is 0 Å². The lowest BCUT2D eigenvalue weighted by molar-refractivity contribution is -0.115. The number of amides is 3. The Labute approximate surface area is 212 Å². The van der Waals surface area contributed by atoms with E-state index in [0.29, 0.717) is 5.56 Å². The highest BCUT2D eigenvalue weighted by Crippen LogP contribution is 2.41. The van der Waals surface area contributed by atoms with E-state index in [-0.39, 0.29) is 56.3 Å². The van der Waals surface area contributed by atoms with Crippen molar-refractivity contribution in [2.24, 2.45) is 0 Å². The van der Waals surface area contributed by atoms with Gasteiger partial charge in [0.15, 0.2) is 11.5 Å². The lowest BCUT2D eigenvalue weighted by Crippen LogP contribution is -2.30. The number of carbonyl (C=O) groups excluding carboxylic acids is 3. The number of rotatable bonds is 5. The van der Waals surface area contributed by atoms with Crippen LogP contribution in [0.1, 0.15) is 42.3 Å². The number of nitrogens with zero attached hydrogens (tertiary/aromatic N) is 1. The van der Waals surface area contributed by atoms with Crippen molar-refractivity contribution in [1.82, 2.24) is 5.32 Å². The van der Waals surface area contributed by atoms with Gasteiger partial charge in [0, 0.05) is 5.56 Å². The summed E-state index contributed by atoms with van der Waals surface area (Å²) >= 11 is 12.7. The fourth-order valence-electron chi connectivity index (χ4n) is 3.61. The summed E-state index contributed by atoms with van der Waals surface area (Å²) in [5, 5.41) is 12.9. The van der Waals surface area contributed by atoms with Crippen molar-refractivity contribution in [2.75, 3.05) is 11.4 Å². The summed E-state index contributed by atoms with van der Waals surface area (Å²) in [6, 6.07) is 13.6. The molecule has 35 heavy (non-hydrogen) atoms. The quantitative estimate of drug-likeness (QED) is 0.319. The SMILES string of the molecule is CC(C)(C)c1ccc(C(=O)c2cc(Oc3c(Cl)cc(N4C(=O)CNC4=O)cc3Cl)ccc2O)cc1. The number of phenols is 1. The molecule has 3 aromatic rings. The van der Waals surface area contributed by atoms with Crippen LogP contribution >= 0.6 is 23.2 Å². The molecule has 0 aromatic heterocycles. The summed E-state index contributed by atoms with van der Waals surface area (Å²) in [5.41, 5.74) is 1.69. The molecule has 1 saturated heterocycles. The first-order valence-electron chi connectivity index (χ1n) is 10.7. The van der Waals surface area contributed by atoms with Crippen LogP contribution in [0.3, 0.4) is 0 Å². The van der Waals surface area contributed by atoms with Crippen LogP contribution in [0.2, 0.25) is 10.0 Å². The minimum atomic E-state index is -0.576. The van der Waals surface area contributed by atoms with Crippen molar-refractivity contribution in [2.45, 2.75) is 26.2 Å². The second-order valence-corrected chi connectivity index (χ2v) is 9.88. The number of phenolic OH excluding ortho intramolecular Hbond substituents is 1. The molecule has 0 radical (unpaired) electrons. The number of imide groups is 1. The molecule has 0 spiro atoms. The fraction of sp³-hybridized carbons (Fsp3) is 0.192. The third-order valence-corrected chi connectivity index (χ3v) is 6.09. The zero-order chi connectivity index (χ0) is 25.5. The fourth-order valence-corrected chi connectivity index (χ4v) is 4.17. The van der Waals surface area contributed by atoms with E-state index in [1.54, 1.807) is 12.1 Å². The number of benzene rings is 3. The van der Waals surface area contributed by atoms with E-state index in [9.17, 15) is 19.5 Å². The molecular formula is C26H22Cl2N2O5. The van der Waals surface area contributed by atoms with Gasteiger partial charge >= 0.3 is 6.03 Å². The number of carbonyl (C=O) groups is 3. The molecule has 3 aromatic carbocycles. The predicted molar refractivity (Wildman–Crippen MR) is 134 cm³/mol. The van der Waals surface area contributed by atoms with Gasteiger partial charge in [0.1, 0.15) is 11.5 Å². The highest BCUT2D eigenvalue weighted by molar-refractivity contribution is 6.38. The van der Waals surface area contributed by atoms with Crippen LogP contribution in [-0.2, 0) is 10.2 Å². The second kappa shape index (κ2) is 9.24. The molecule has 1 heterocycles. The normalized spacial score (nSPS) is 13.7. The second-order valence-electron chi connectivity index (χ2n) is 9.06. The molecule has 2 N–H and O–H groups in total. The van der Waals surface area contributed by atoms with E-state index in [1.807, 2.05) is 12.1 Å². The summed E-state index contributed by atoms with van der Waals surface area (Å²) in [4.78, 5) is 37.9. The van der Waals surface area contributed by atoms with Gasteiger partial charge in [-0.3, -0.25) is 9.59 Å². The van der Waals surface area contributed by atoms with Gasteiger partial charge in [-0.25, -0.2) is 9.69 Å². The first kappa shape index (κ1) is 24.6. The van der Waals surface area contributed by atoms with Crippen LogP contribution in [0, 0.1) is 0 Å². The van der Waals surface area contributed by atoms with Gasteiger partial charge in [-0.2, -0.15) is 0 Å². The lowest BCUT2D eigenvalue weighted by atomic mass is 9.86. The van der Waals surface area contributed by atoms with Gasteiger partial charge < -0.3 is 15.2 Å². The van der Waals surface area contributed by atoms with Crippen molar-refractivity contribution < 1.29 is 24.2 Å². The van der Waals surface area contributed by atoms with Crippen LogP contribution in [0.5, 0.6) is 17.2 Å². The van der Waals surface area contributed by atoms with Crippen molar-refractivity contribution in [3.8, 4) is 17.2 Å². The van der Waals surface area contributed by atoms with Crippen molar-refractivity contribution in [3.05, 3.63) is 81.3 Å². The smallest absolute Gasteiger partial charge is 0.329 e. The minimum Gasteiger partial charge on any atom is -0.507 e. The summed E-state index contributed by atoms with van der Waals surface area (Å²) in [7, 11) is 0. The molecule has 3 amide bonds. The third kappa shape index (κ3) is 4.97. The molecule has 0 saturated carbocycles. The summed E-state index contributed by atoms with van der Waals surface area (Å²) in [6.07, 6.45) is 0. The highest BCUT2D eigenvalue weighted by Gasteiger charge is 2.31. The number of ether oxygens (including phenoxy) is 1. The average molecular weight is 513 g/mol. The molecule has 1 fully saturated rings. The maximum atomic E-state index is 13.1. The van der Waals surface area contributed by atoms with E-state index < -0.39 is 11.9 Å². The molecule has 9 heteroatoms. The van der Waals surface area contributed by atoms with Gasteiger partial charge in [0.25, 0.3) is 5.91 Å². The molecule has 4 rings (SSSR count). The molecule has 180 valence electrons. The zero-order valence-electron chi connectivity index (χ0n) is 19.2. The molecule has 0 atom stereocenters. The van der Waals surface area contributed by atoms with Gasteiger partial charge in [-0.15, -0.1) is 0 Å². The number of hydrogen-bond acceptors (Lipinski definition) is 5. The molecule has 7 nitrogen and oxygen atoms in total. The Hall–Kier alpha value is -3.55. The van der Waals surface area contributed by atoms with E-state index in [2.05, 4.69) is 26.1 Å².